The van der Waals surface area contributed by atoms with Crippen LogP contribution in [-0.4, -0.2) is 25.9 Å². The molecular formula is C20H19N3O3S2. The third-order valence-corrected chi connectivity index (χ3v) is 7.50. The van der Waals surface area contributed by atoms with E-state index >= 15 is 0 Å². The van der Waals surface area contributed by atoms with E-state index in [1.54, 1.807) is 18.5 Å². The molecule has 0 unspecified atom stereocenters. The largest absolute Gasteiger partial charge is 0.347 e. The fraction of sp³-hybridized carbons (Fsp3) is 0.200. The van der Waals surface area contributed by atoms with E-state index in [1.165, 1.54) is 15.8 Å². The average Bonchev–Trinajstić information content (AvgIpc) is 3.24. The van der Waals surface area contributed by atoms with Crippen LogP contribution < -0.4 is 9.62 Å². The van der Waals surface area contributed by atoms with Gasteiger partial charge in [0, 0.05) is 30.9 Å². The minimum absolute atomic E-state index is 0.153. The van der Waals surface area contributed by atoms with Crippen molar-refractivity contribution in [3.63, 3.8) is 0 Å². The van der Waals surface area contributed by atoms with Crippen molar-refractivity contribution < 1.29 is 13.2 Å². The summed E-state index contributed by atoms with van der Waals surface area (Å²) in [5.41, 5.74) is 2.63. The lowest BCUT2D eigenvalue weighted by molar-refractivity contribution is 0.0955. The van der Waals surface area contributed by atoms with Crippen molar-refractivity contribution in [2.45, 2.75) is 24.3 Å². The van der Waals surface area contributed by atoms with Crippen LogP contribution in [0.25, 0.3) is 0 Å². The van der Waals surface area contributed by atoms with Gasteiger partial charge in [-0.15, -0.1) is 11.3 Å². The second kappa shape index (κ2) is 7.73. The van der Waals surface area contributed by atoms with Gasteiger partial charge in [0.15, 0.2) is 0 Å². The Kier molecular flexibility index (Phi) is 5.15. The van der Waals surface area contributed by atoms with Crippen LogP contribution in [0.3, 0.4) is 0 Å². The van der Waals surface area contributed by atoms with Crippen LogP contribution in [0.2, 0.25) is 0 Å². The smallest absolute Gasteiger partial charge is 0.265 e. The number of amides is 1. The minimum Gasteiger partial charge on any atom is -0.347 e. The summed E-state index contributed by atoms with van der Waals surface area (Å²) in [6.45, 7) is 0.782. The quantitative estimate of drug-likeness (QED) is 0.697. The number of aryl methyl sites for hydroxylation is 1. The summed E-state index contributed by atoms with van der Waals surface area (Å²) < 4.78 is 27.8. The first kappa shape index (κ1) is 18.6. The summed E-state index contributed by atoms with van der Waals surface area (Å²) in [6, 6.07) is 12.7. The van der Waals surface area contributed by atoms with Crippen molar-refractivity contribution in [2.75, 3.05) is 10.8 Å². The zero-order valence-electron chi connectivity index (χ0n) is 15.0. The van der Waals surface area contributed by atoms with Gasteiger partial charge in [-0.05, 0) is 42.2 Å². The van der Waals surface area contributed by atoms with E-state index in [2.05, 4.69) is 10.3 Å². The van der Waals surface area contributed by atoms with Crippen molar-refractivity contribution in [1.82, 2.24) is 10.3 Å². The fourth-order valence-corrected chi connectivity index (χ4v) is 5.94. The highest BCUT2D eigenvalue weighted by Crippen LogP contribution is 2.33. The summed E-state index contributed by atoms with van der Waals surface area (Å²) in [5, 5.41) is 4.33. The van der Waals surface area contributed by atoms with Crippen LogP contribution in [0.5, 0.6) is 0 Å². The Labute approximate surface area is 167 Å². The van der Waals surface area contributed by atoms with Crippen LogP contribution >= 0.6 is 11.3 Å². The third-order valence-electron chi connectivity index (χ3n) is 4.63. The molecule has 3 aromatic rings. The molecule has 0 bridgehead atoms. The lowest BCUT2D eigenvalue weighted by Crippen LogP contribution is -2.35. The zero-order chi connectivity index (χ0) is 19.6. The van der Waals surface area contributed by atoms with E-state index in [4.69, 9.17) is 0 Å². The molecule has 2 aromatic heterocycles. The molecule has 0 aliphatic carbocycles. The highest BCUT2D eigenvalue weighted by atomic mass is 32.2. The molecule has 0 spiro atoms. The number of nitrogens with zero attached hydrogens (tertiary/aromatic N) is 2. The van der Waals surface area contributed by atoms with E-state index < -0.39 is 10.0 Å². The normalized spacial score (nSPS) is 13.8. The molecule has 0 fully saturated rings. The highest BCUT2D eigenvalue weighted by molar-refractivity contribution is 7.93. The summed E-state index contributed by atoms with van der Waals surface area (Å²) in [6.07, 6.45) is 4.99. The molecule has 1 aliphatic heterocycles. The average molecular weight is 414 g/mol. The maximum Gasteiger partial charge on any atom is 0.265 e. The predicted octanol–water partition coefficient (Wildman–Crippen LogP) is 3.21. The first-order chi connectivity index (χ1) is 13.6. The van der Waals surface area contributed by atoms with Gasteiger partial charge >= 0.3 is 0 Å². The van der Waals surface area contributed by atoms with Crippen LogP contribution in [0.15, 0.2) is 65.1 Å². The number of benzene rings is 1. The Balaban J connectivity index is 1.53. The first-order valence-electron chi connectivity index (χ1n) is 8.92. The van der Waals surface area contributed by atoms with Crippen LogP contribution in [-0.2, 0) is 23.0 Å². The third kappa shape index (κ3) is 3.65. The summed E-state index contributed by atoms with van der Waals surface area (Å²) >= 11 is 1.13. The van der Waals surface area contributed by atoms with Gasteiger partial charge in [-0.3, -0.25) is 14.1 Å². The molecule has 28 heavy (non-hydrogen) atoms. The SMILES string of the molecule is O=C(NCc1cccnc1)c1cc(S(=O)(=O)N2CCCc3ccccc32)cs1. The van der Waals surface area contributed by atoms with E-state index in [9.17, 15) is 13.2 Å². The summed E-state index contributed by atoms with van der Waals surface area (Å²) in [7, 11) is -3.70. The van der Waals surface area contributed by atoms with Crippen molar-refractivity contribution in [3.05, 3.63) is 76.2 Å². The molecule has 144 valence electrons. The van der Waals surface area contributed by atoms with Crippen molar-refractivity contribution in [3.8, 4) is 0 Å². The second-order valence-corrected chi connectivity index (χ2v) is 9.27. The number of hydrogen-bond acceptors (Lipinski definition) is 5. The zero-order valence-corrected chi connectivity index (χ0v) is 16.7. The van der Waals surface area contributed by atoms with E-state index in [-0.39, 0.29) is 10.8 Å². The van der Waals surface area contributed by atoms with Gasteiger partial charge in [-0.25, -0.2) is 8.42 Å². The van der Waals surface area contributed by atoms with Gasteiger partial charge in [-0.1, -0.05) is 24.3 Å². The number of anilines is 1. The Bertz CT molecular complexity index is 1090. The van der Waals surface area contributed by atoms with E-state index in [1.807, 2.05) is 30.3 Å². The number of pyridine rings is 1. The Hall–Kier alpha value is -2.71. The molecule has 0 saturated heterocycles. The molecule has 6 nitrogen and oxygen atoms in total. The molecule has 3 heterocycles. The van der Waals surface area contributed by atoms with Crippen molar-refractivity contribution in [2.24, 2.45) is 0 Å². The molecule has 8 heteroatoms. The maximum atomic E-state index is 13.2. The van der Waals surface area contributed by atoms with Crippen LogP contribution in [0.4, 0.5) is 5.69 Å². The predicted molar refractivity (Wildman–Crippen MR) is 109 cm³/mol. The Morgan fingerprint density at radius 1 is 1.21 bits per heavy atom. The number of nitrogens with one attached hydrogen (secondary N) is 1. The van der Waals surface area contributed by atoms with Crippen LogP contribution in [0, 0.1) is 0 Å². The number of carbonyl (C=O) groups is 1. The Morgan fingerprint density at radius 3 is 2.89 bits per heavy atom. The molecule has 1 aromatic carbocycles. The molecule has 1 amide bonds. The molecule has 0 radical (unpaired) electrons. The van der Waals surface area contributed by atoms with Gasteiger partial charge in [0.25, 0.3) is 15.9 Å². The van der Waals surface area contributed by atoms with Crippen LogP contribution in [0.1, 0.15) is 27.2 Å². The molecule has 0 saturated carbocycles. The number of rotatable bonds is 5. The van der Waals surface area contributed by atoms with E-state index in [0.29, 0.717) is 18.0 Å². The van der Waals surface area contributed by atoms with Gasteiger partial charge in [0.1, 0.15) is 0 Å². The van der Waals surface area contributed by atoms with Gasteiger partial charge in [0.05, 0.1) is 15.5 Å². The van der Waals surface area contributed by atoms with Crippen molar-refractivity contribution >= 4 is 33.0 Å². The fourth-order valence-electron chi connectivity index (χ4n) is 3.22. The van der Waals surface area contributed by atoms with Gasteiger partial charge in [0.2, 0.25) is 0 Å². The number of para-hydroxylation sites is 1. The summed E-state index contributed by atoms with van der Waals surface area (Å²) in [5.74, 6) is -0.297. The second-order valence-electron chi connectivity index (χ2n) is 6.50. The molecule has 0 atom stereocenters. The minimum atomic E-state index is -3.70. The number of thiophene rings is 1. The molecule has 1 aliphatic rings. The molecular weight excluding hydrogens is 394 g/mol. The molecule has 1 N–H and O–H groups in total. The number of sulfonamides is 1. The monoisotopic (exact) mass is 413 g/mol. The first-order valence-corrected chi connectivity index (χ1v) is 11.2. The number of fused-ring (bicyclic) bond motifs is 1. The van der Waals surface area contributed by atoms with Gasteiger partial charge < -0.3 is 5.32 Å². The van der Waals surface area contributed by atoms with Crippen molar-refractivity contribution in [1.29, 1.82) is 0 Å². The summed E-state index contributed by atoms with van der Waals surface area (Å²) in [4.78, 5) is 16.9. The lowest BCUT2D eigenvalue weighted by atomic mass is 10.0. The number of hydrogen-bond donors (Lipinski definition) is 1. The molecule has 4 rings (SSSR count). The standard InChI is InChI=1S/C20H19N3O3S2/c24-20(22-13-15-5-3-9-21-12-15)19-11-17(14-27-19)28(25,26)23-10-4-7-16-6-1-2-8-18(16)23/h1-3,5-6,8-9,11-12,14H,4,7,10,13H2,(H,22,24). The highest BCUT2D eigenvalue weighted by Gasteiger charge is 2.30. The topological polar surface area (TPSA) is 79.4 Å². The number of carbonyl (C=O) groups excluding carboxylic acids is 1. The Morgan fingerprint density at radius 2 is 2.07 bits per heavy atom. The van der Waals surface area contributed by atoms with E-state index in [0.717, 1.165) is 41.0 Å². The van der Waals surface area contributed by atoms with Gasteiger partial charge in [-0.2, -0.15) is 0 Å². The lowest BCUT2D eigenvalue weighted by Gasteiger charge is -2.30. The maximum absolute atomic E-state index is 13.2. The number of aromatic nitrogens is 1.